The largest absolute Gasteiger partial charge is 0.417 e. The van der Waals surface area contributed by atoms with Crippen LogP contribution in [0.15, 0.2) is 36.5 Å². The predicted octanol–water partition coefficient (Wildman–Crippen LogP) is 4.92. The number of pyridine rings is 1. The van der Waals surface area contributed by atoms with E-state index in [0.29, 0.717) is 31.7 Å². The Bertz CT molecular complexity index is 833. The summed E-state index contributed by atoms with van der Waals surface area (Å²) in [5, 5.41) is 2.88. The van der Waals surface area contributed by atoms with Gasteiger partial charge in [-0.2, -0.15) is 13.2 Å². The molecule has 0 aliphatic carbocycles. The van der Waals surface area contributed by atoms with E-state index in [4.69, 9.17) is 11.6 Å². The van der Waals surface area contributed by atoms with Crippen LogP contribution >= 0.6 is 11.6 Å². The molecular formula is C19H19ClF3N3O. The molecule has 27 heavy (non-hydrogen) atoms. The van der Waals surface area contributed by atoms with E-state index < -0.39 is 11.7 Å². The zero-order valence-electron chi connectivity index (χ0n) is 14.7. The van der Waals surface area contributed by atoms with Gasteiger partial charge in [0.25, 0.3) is 0 Å². The van der Waals surface area contributed by atoms with Gasteiger partial charge in [0.2, 0.25) is 5.91 Å². The van der Waals surface area contributed by atoms with Gasteiger partial charge in [-0.15, -0.1) is 0 Å². The summed E-state index contributed by atoms with van der Waals surface area (Å²) < 4.78 is 38.2. The van der Waals surface area contributed by atoms with Gasteiger partial charge in [0.15, 0.2) is 0 Å². The zero-order chi connectivity index (χ0) is 19.6. The minimum atomic E-state index is -4.48. The van der Waals surface area contributed by atoms with Crippen molar-refractivity contribution in [1.29, 1.82) is 0 Å². The minimum Gasteiger partial charge on any atom is -0.355 e. The monoisotopic (exact) mass is 397 g/mol. The van der Waals surface area contributed by atoms with Crippen LogP contribution in [0.25, 0.3) is 0 Å². The number of hydrogen-bond donors (Lipinski definition) is 1. The lowest BCUT2D eigenvalue weighted by molar-refractivity contribution is -0.137. The van der Waals surface area contributed by atoms with E-state index in [1.807, 2.05) is 36.1 Å². The average Bonchev–Trinajstić information content (AvgIpc) is 2.61. The van der Waals surface area contributed by atoms with E-state index in [0.717, 1.165) is 23.5 Å². The van der Waals surface area contributed by atoms with Crippen LogP contribution in [0.4, 0.5) is 24.7 Å². The quantitative estimate of drug-likeness (QED) is 0.799. The van der Waals surface area contributed by atoms with Gasteiger partial charge in [-0.05, 0) is 43.5 Å². The minimum absolute atomic E-state index is 0.0347. The van der Waals surface area contributed by atoms with E-state index in [1.54, 1.807) is 0 Å². The SMILES string of the molecule is Cc1cccc(NC(=O)C2CCN(c3ncc(C(F)(F)F)cc3Cl)CC2)c1. The van der Waals surface area contributed by atoms with E-state index in [-0.39, 0.29) is 16.8 Å². The molecule has 0 unspecified atom stereocenters. The third kappa shape index (κ3) is 4.71. The number of carbonyl (C=O) groups excluding carboxylic acids is 1. The molecular weight excluding hydrogens is 379 g/mol. The normalized spacial score (nSPS) is 15.7. The fraction of sp³-hybridized carbons (Fsp3) is 0.368. The van der Waals surface area contributed by atoms with Crippen molar-refractivity contribution in [2.24, 2.45) is 5.92 Å². The molecule has 2 aromatic rings. The Hall–Kier alpha value is -2.28. The number of aromatic nitrogens is 1. The molecule has 0 atom stereocenters. The van der Waals surface area contributed by atoms with Crippen LogP contribution < -0.4 is 10.2 Å². The maximum absolute atomic E-state index is 12.7. The number of amides is 1. The van der Waals surface area contributed by atoms with Gasteiger partial charge in [-0.3, -0.25) is 4.79 Å². The van der Waals surface area contributed by atoms with Crippen LogP contribution in [0.3, 0.4) is 0 Å². The Morgan fingerprint density at radius 2 is 1.96 bits per heavy atom. The van der Waals surface area contributed by atoms with Crippen LogP contribution in [0.5, 0.6) is 0 Å². The molecule has 4 nitrogen and oxygen atoms in total. The zero-order valence-corrected chi connectivity index (χ0v) is 15.4. The standard InChI is InChI=1S/C19H19ClF3N3O/c1-12-3-2-4-15(9-12)25-18(27)13-5-7-26(8-6-13)17-16(20)10-14(11-24-17)19(21,22)23/h2-4,9-11,13H,5-8H2,1H3,(H,25,27). The molecule has 0 spiro atoms. The lowest BCUT2D eigenvalue weighted by Gasteiger charge is -2.32. The van der Waals surface area contributed by atoms with Crippen molar-refractivity contribution in [3.63, 3.8) is 0 Å². The van der Waals surface area contributed by atoms with E-state index in [1.165, 1.54) is 0 Å². The topological polar surface area (TPSA) is 45.2 Å². The van der Waals surface area contributed by atoms with Crippen LogP contribution in [-0.2, 0) is 11.0 Å². The first kappa shape index (κ1) is 19.5. The maximum Gasteiger partial charge on any atom is 0.417 e. The fourth-order valence-corrected chi connectivity index (χ4v) is 3.42. The smallest absolute Gasteiger partial charge is 0.355 e. The summed E-state index contributed by atoms with van der Waals surface area (Å²) >= 11 is 6.01. The lowest BCUT2D eigenvalue weighted by atomic mass is 9.95. The van der Waals surface area contributed by atoms with Crippen molar-refractivity contribution >= 4 is 29.0 Å². The molecule has 1 aromatic heterocycles. The van der Waals surface area contributed by atoms with Crippen LogP contribution in [0.1, 0.15) is 24.0 Å². The van der Waals surface area contributed by atoms with E-state index >= 15 is 0 Å². The number of benzene rings is 1. The molecule has 1 N–H and O–H groups in total. The number of piperidine rings is 1. The second-order valence-electron chi connectivity index (χ2n) is 6.65. The van der Waals surface area contributed by atoms with Gasteiger partial charge in [-0.25, -0.2) is 4.98 Å². The highest BCUT2D eigenvalue weighted by Gasteiger charge is 2.33. The first-order valence-corrected chi connectivity index (χ1v) is 8.97. The Morgan fingerprint density at radius 3 is 2.56 bits per heavy atom. The summed E-state index contributed by atoms with van der Waals surface area (Å²) in [7, 11) is 0. The molecule has 1 fully saturated rings. The third-order valence-electron chi connectivity index (χ3n) is 4.60. The average molecular weight is 398 g/mol. The molecule has 1 aromatic carbocycles. The number of aryl methyl sites for hydroxylation is 1. The first-order valence-electron chi connectivity index (χ1n) is 8.59. The van der Waals surface area contributed by atoms with Crippen LogP contribution in [0, 0.1) is 12.8 Å². The molecule has 1 aliphatic heterocycles. The number of carbonyl (C=O) groups is 1. The Morgan fingerprint density at radius 1 is 1.26 bits per heavy atom. The lowest BCUT2D eigenvalue weighted by Crippen LogP contribution is -2.38. The fourth-order valence-electron chi connectivity index (χ4n) is 3.14. The Kier molecular flexibility index (Phi) is 5.60. The van der Waals surface area contributed by atoms with Gasteiger partial charge < -0.3 is 10.2 Å². The number of halogens is 4. The molecule has 0 bridgehead atoms. The number of anilines is 2. The van der Waals surface area contributed by atoms with Crippen LogP contribution in [-0.4, -0.2) is 24.0 Å². The first-order chi connectivity index (χ1) is 12.7. The van der Waals surface area contributed by atoms with Crippen molar-refractivity contribution in [2.75, 3.05) is 23.3 Å². The highest BCUT2D eigenvalue weighted by atomic mass is 35.5. The summed E-state index contributed by atoms with van der Waals surface area (Å²) in [6.45, 7) is 2.96. The molecule has 2 heterocycles. The summed E-state index contributed by atoms with van der Waals surface area (Å²) in [4.78, 5) is 18.2. The number of alkyl halides is 3. The number of hydrogen-bond acceptors (Lipinski definition) is 3. The molecule has 1 saturated heterocycles. The number of nitrogens with zero attached hydrogens (tertiary/aromatic N) is 2. The van der Waals surface area contributed by atoms with Gasteiger partial charge in [-0.1, -0.05) is 23.7 Å². The molecule has 1 aliphatic rings. The van der Waals surface area contributed by atoms with Gasteiger partial charge in [0.1, 0.15) is 5.82 Å². The van der Waals surface area contributed by atoms with Gasteiger partial charge >= 0.3 is 6.18 Å². The van der Waals surface area contributed by atoms with Crippen molar-refractivity contribution in [3.8, 4) is 0 Å². The maximum atomic E-state index is 12.7. The predicted molar refractivity (Wildman–Crippen MR) is 99.0 cm³/mol. The number of rotatable bonds is 3. The highest BCUT2D eigenvalue weighted by Crippen LogP contribution is 2.34. The molecule has 1 amide bonds. The third-order valence-corrected chi connectivity index (χ3v) is 4.88. The van der Waals surface area contributed by atoms with Crippen molar-refractivity contribution in [2.45, 2.75) is 25.9 Å². The summed E-state index contributed by atoms with van der Waals surface area (Å²) in [5.41, 5.74) is 0.948. The van der Waals surface area contributed by atoms with Gasteiger partial charge in [0, 0.05) is 30.9 Å². The van der Waals surface area contributed by atoms with E-state index in [9.17, 15) is 18.0 Å². The molecule has 3 rings (SSSR count). The Labute approximate surface area is 160 Å². The summed E-state index contributed by atoms with van der Waals surface area (Å²) in [6, 6.07) is 8.46. The summed E-state index contributed by atoms with van der Waals surface area (Å²) in [5.74, 6) is 0.115. The molecule has 0 radical (unpaired) electrons. The highest BCUT2D eigenvalue weighted by molar-refractivity contribution is 6.33. The number of nitrogens with one attached hydrogen (secondary N) is 1. The van der Waals surface area contributed by atoms with Crippen molar-refractivity contribution in [3.05, 3.63) is 52.7 Å². The van der Waals surface area contributed by atoms with Crippen molar-refractivity contribution in [1.82, 2.24) is 4.98 Å². The Balaban J connectivity index is 1.61. The van der Waals surface area contributed by atoms with Crippen LogP contribution in [0.2, 0.25) is 5.02 Å². The van der Waals surface area contributed by atoms with Gasteiger partial charge in [0.05, 0.1) is 10.6 Å². The second-order valence-corrected chi connectivity index (χ2v) is 7.05. The summed E-state index contributed by atoms with van der Waals surface area (Å²) in [6.07, 6.45) is -2.53. The molecule has 144 valence electrons. The second kappa shape index (κ2) is 7.76. The molecule has 0 saturated carbocycles. The van der Waals surface area contributed by atoms with E-state index in [2.05, 4.69) is 10.3 Å². The molecule has 8 heteroatoms. The van der Waals surface area contributed by atoms with Crippen molar-refractivity contribution < 1.29 is 18.0 Å².